The van der Waals surface area contributed by atoms with Crippen molar-refractivity contribution in [2.75, 3.05) is 24.7 Å². The van der Waals surface area contributed by atoms with Crippen molar-refractivity contribution in [3.8, 4) is 0 Å². The van der Waals surface area contributed by atoms with E-state index in [2.05, 4.69) is 21.3 Å². The molecule has 1 saturated heterocycles. The van der Waals surface area contributed by atoms with Crippen LogP contribution in [0.15, 0.2) is 24.3 Å². The van der Waals surface area contributed by atoms with Gasteiger partial charge in [-0.05, 0) is 57.5 Å². The van der Waals surface area contributed by atoms with Gasteiger partial charge in [-0.1, -0.05) is 12.1 Å². The third-order valence-corrected chi connectivity index (χ3v) is 6.63. The van der Waals surface area contributed by atoms with E-state index < -0.39 is 20.5 Å². The van der Waals surface area contributed by atoms with Crippen LogP contribution in [0.25, 0.3) is 0 Å². The predicted molar refractivity (Wildman–Crippen MR) is 105 cm³/mol. The maximum absolute atomic E-state index is 12.7. The SMILES string of the molecule is CC(C)NC(=O)Nc1ccc(CNC(=O)C2(S(C)(=O)=O)CCNCC2)cc1. The van der Waals surface area contributed by atoms with Gasteiger partial charge in [-0.3, -0.25) is 4.79 Å². The van der Waals surface area contributed by atoms with Crippen molar-refractivity contribution >= 4 is 27.5 Å². The normalized spacial score (nSPS) is 16.6. The molecule has 1 aromatic carbocycles. The van der Waals surface area contributed by atoms with E-state index in [1.165, 1.54) is 0 Å². The minimum atomic E-state index is -3.53. The molecule has 0 aliphatic carbocycles. The Morgan fingerprint density at radius 1 is 1.15 bits per heavy atom. The zero-order chi connectivity index (χ0) is 20.1. The van der Waals surface area contributed by atoms with Crippen LogP contribution in [0.5, 0.6) is 0 Å². The molecule has 4 N–H and O–H groups in total. The second kappa shape index (κ2) is 8.71. The fraction of sp³-hybridized carbons (Fsp3) is 0.556. The summed E-state index contributed by atoms with van der Waals surface area (Å²) in [6, 6.07) is 6.78. The standard InChI is InChI=1S/C18H28N4O4S/c1-13(2)21-17(24)22-15-6-4-14(5-7-15)12-20-16(23)18(27(3,25)26)8-10-19-11-9-18/h4-7,13,19H,8-12H2,1-3H3,(H,20,23)(H2,21,22,24). The lowest BCUT2D eigenvalue weighted by molar-refractivity contribution is -0.124. The van der Waals surface area contributed by atoms with Crippen molar-refractivity contribution in [2.24, 2.45) is 0 Å². The molecule has 0 radical (unpaired) electrons. The molecule has 0 saturated carbocycles. The second-order valence-corrected chi connectivity index (χ2v) is 9.48. The Balaban J connectivity index is 1.97. The van der Waals surface area contributed by atoms with E-state index in [0.29, 0.717) is 18.8 Å². The van der Waals surface area contributed by atoms with Crippen molar-refractivity contribution in [3.05, 3.63) is 29.8 Å². The molecule has 2 rings (SSSR count). The van der Waals surface area contributed by atoms with Crippen LogP contribution in [-0.2, 0) is 21.2 Å². The summed E-state index contributed by atoms with van der Waals surface area (Å²) in [6.45, 7) is 4.97. The van der Waals surface area contributed by atoms with Gasteiger partial charge in [0.15, 0.2) is 14.6 Å². The van der Waals surface area contributed by atoms with Crippen LogP contribution in [-0.4, -0.2) is 50.5 Å². The van der Waals surface area contributed by atoms with E-state index in [1.807, 2.05) is 13.8 Å². The van der Waals surface area contributed by atoms with Crippen molar-refractivity contribution < 1.29 is 18.0 Å². The zero-order valence-electron chi connectivity index (χ0n) is 16.0. The van der Waals surface area contributed by atoms with Gasteiger partial charge in [0.05, 0.1) is 0 Å². The van der Waals surface area contributed by atoms with E-state index in [-0.39, 0.29) is 31.5 Å². The summed E-state index contributed by atoms with van der Waals surface area (Å²) in [5.41, 5.74) is 1.45. The molecule has 1 heterocycles. The molecule has 1 fully saturated rings. The summed E-state index contributed by atoms with van der Waals surface area (Å²) >= 11 is 0. The van der Waals surface area contributed by atoms with Gasteiger partial charge < -0.3 is 21.3 Å². The number of carbonyl (C=O) groups excluding carboxylic acids is 2. The molecule has 27 heavy (non-hydrogen) atoms. The van der Waals surface area contributed by atoms with Crippen molar-refractivity contribution in [1.82, 2.24) is 16.0 Å². The lowest BCUT2D eigenvalue weighted by Gasteiger charge is -2.34. The lowest BCUT2D eigenvalue weighted by Crippen LogP contribution is -2.57. The van der Waals surface area contributed by atoms with Crippen LogP contribution >= 0.6 is 0 Å². The predicted octanol–water partition coefficient (Wildman–Crippen LogP) is 1.000. The first-order valence-corrected chi connectivity index (χ1v) is 10.9. The molecule has 1 aliphatic rings. The quantitative estimate of drug-likeness (QED) is 0.572. The third kappa shape index (κ3) is 5.43. The number of hydrogen-bond acceptors (Lipinski definition) is 5. The molecule has 150 valence electrons. The molecule has 3 amide bonds. The summed E-state index contributed by atoms with van der Waals surface area (Å²) < 4.78 is 23.1. The second-order valence-electron chi connectivity index (χ2n) is 7.15. The van der Waals surface area contributed by atoms with E-state index in [1.54, 1.807) is 24.3 Å². The molecule has 0 aromatic heterocycles. The fourth-order valence-electron chi connectivity index (χ4n) is 3.08. The number of carbonyl (C=O) groups is 2. The molecule has 8 nitrogen and oxygen atoms in total. The number of anilines is 1. The van der Waals surface area contributed by atoms with Crippen molar-refractivity contribution in [2.45, 2.75) is 44.0 Å². The number of piperidine rings is 1. The number of benzene rings is 1. The first kappa shape index (κ1) is 21.2. The molecular weight excluding hydrogens is 368 g/mol. The van der Waals surface area contributed by atoms with Crippen molar-refractivity contribution in [1.29, 1.82) is 0 Å². The molecule has 0 atom stereocenters. The number of hydrogen-bond donors (Lipinski definition) is 4. The summed E-state index contributed by atoms with van der Waals surface area (Å²) in [5.74, 6) is -0.454. The van der Waals surface area contributed by atoms with Gasteiger partial charge in [-0.2, -0.15) is 0 Å². The largest absolute Gasteiger partial charge is 0.351 e. The smallest absolute Gasteiger partial charge is 0.319 e. The Morgan fingerprint density at radius 3 is 2.26 bits per heavy atom. The first-order chi connectivity index (χ1) is 12.6. The molecule has 1 aromatic rings. The summed E-state index contributed by atoms with van der Waals surface area (Å²) in [4.78, 5) is 24.4. The minimum Gasteiger partial charge on any atom is -0.351 e. The van der Waals surface area contributed by atoms with Gasteiger partial charge in [-0.15, -0.1) is 0 Å². The average molecular weight is 397 g/mol. The number of urea groups is 1. The molecular formula is C18H28N4O4S. The van der Waals surface area contributed by atoms with E-state index in [9.17, 15) is 18.0 Å². The Bertz CT molecular complexity index is 769. The Hall–Kier alpha value is -2.13. The monoisotopic (exact) mass is 396 g/mol. The zero-order valence-corrected chi connectivity index (χ0v) is 16.8. The number of nitrogens with one attached hydrogen (secondary N) is 4. The van der Waals surface area contributed by atoms with E-state index in [4.69, 9.17) is 0 Å². The van der Waals surface area contributed by atoms with Gasteiger partial charge in [0.25, 0.3) is 0 Å². The summed E-state index contributed by atoms with van der Waals surface area (Å²) in [7, 11) is -3.53. The number of sulfone groups is 1. The van der Waals surface area contributed by atoms with Gasteiger partial charge in [0.1, 0.15) is 0 Å². The maximum Gasteiger partial charge on any atom is 0.319 e. The Kier molecular flexibility index (Phi) is 6.83. The average Bonchev–Trinajstić information content (AvgIpc) is 2.59. The molecule has 1 aliphatic heterocycles. The van der Waals surface area contributed by atoms with E-state index in [0.717, 1.165) is 11.8 Å². The molecule has 0 bridgehead atoms. The highest BCUT2D eigenvalue weighted by atomic mass is 32.2. The summed E-state index contributed by atoms with van der Waals surface area (Å²) in [5, 5.41) is 11.3. The lowest BCUT2D eigenvalue weighted by atomic mass is 9.95. The van der Waals surface area contributed by atoms with Gasteiger partial charge in [0.2, 0.25) is 5.91 Å². The highest BCUT2D eigenvalue weighted by Crippen LogP contribution is 2.28. The molecule has 9 heteroatoms. The fourth-order valence-corrected chi connectivity index (χ4v) is 4.43. The van der Waals surface area contributed by atoms with Crippen LogP contribution in [0.4, 0.5) is 10.5 Å². The van der Waals surface area contributed by atoms with Crippen LogP contribution in [0, 0.1) is 0 Å². The van der Waals surface area contributed by atoms with Crippen LogP contribution < -0.4 is 21.3 Å². The highest BCUT2D eigenvalue weighted by Gasteiger charge is 2.48. The molecule has 0 spiro atoms. The topological polar surface area (TPSA) is 116 Å². The van der Waals surface area contributed by atoms with Crippen molar-refractivity contribution in [3.63, 3.8) is 0 Å². The Labute approximate surface area is 160 Å². The van der Waals surface area contributed by atoms with Crippen LogP contribution in [0.2, 0.25) is 0 Å². The van der Waals surface area contributed by atoms with Crippen LogP contribution in [0.3, 0.4) is 0 Å². The van der Waals surface area contributed by atoms with Gasteiger partial charge in [-0.25, -0.2) is 13.2 Å². The highest BCUT2D eigenvalue weighted by molar-refractivity contribution is 7.92. The Morgan fingerprint density at radius 2 is 1.74 bits per heavy atom. The van der Waals surface area contributed by atoms with Gasteiger partial charge in [0, 0.05) is 24.5 Å². The third-order valence-electron chi connectivity index (χ3n) is 4.62. The number of rotatable bonds is 6. The number of amides is 3. The first-order valence-electron chi connectivity index (χ1n) is 8.99. The van der Waals surface area contributed by atoms with E-state index >= 15 is 0 Å². The van der Waals surface area contributed by atoms with Gasteiger partial charge >= 0.3 is 6.03 Å². The van der Waals surface area contributed by atoms with Crippen LogP contribution in [0.1, 0.15) is 32.3 Å². The molecule has 0 unspecified atom stereocenters. The minimum absolute atomic E-state index is 0.0386. The maximum atomic E-state index is 12.7. The summed E-state index contributed by atoms with van der Waals surface area (Å²) in [6.07, 6.45) is 1.66.